The summed E-state index contributed by atoms with van der Waals surface area (Å²) in [5.74, 6) is -1.54. The smallest absolute Gasteiger partial charge is 0.328 e. The van der Waals surface area contributed by atoms with E-state index in [1.165, 1.54) is 0 Å². The number of aliphatic carboxylic acids is 1. The third kappa shape index (κ3) is 26.8. The van der Waals surface area contributed by atoms with Crippen LogP contribution in [0.3, 0.4) is 0 Å². The van der Waals surface area contributed by atoms with Crippen LogP contribution in [0.2, 0.25) is 0 Å². The maximum atomic E-state index is 12.3. The Labute approximate surface area is 277 Å². The number of carboxylic acid groups (broad SMARTS) is 1. The number of rotatable bonds is 26. The van der Waals surface area contributed by atoms with Crippen molar-refractivity contribution in [1.29, 1.82) is 0 Å². The van der Waals surface area contributed by atoms with Crippen molar-refractivity contribution in [1.82, 2.24) is 25.8 Å². The second-order valence-corrected chi connectivity index (χ2v) is 11.1. The van der Waals surface area contributed by atoms with Gasteiger partial charge in [0.1, 0.15) is 0 Å². The van der Waals surface area contributed by atoms with Crippen LogP contribution in [-0.2, 0) is 14.4 Å². The molecule has 0 aromatic heterocycles. The standard InChI is InChI=1S/C37H59N5O4/c1-2-3-4-5-6-7-8-9-10-11-12-13-14-15-16-17-18-19-20-22-35(43)39-27-33-42(30-21-29-41-31-25-38-26-32-41)34-28-40-36(44)23-24-37(45)46/h3-4,6-7,9-10,12-13,15-16,18-19,23-24,38H,2,5,8,11,14,17,20-22,25-34H2,1H3,(H,39,43)(H,40,44)(H,45,46). The summed E-state index contributed by atoms with van der Waals surface area (Å²) in [6.45, 7) is 10.4. The Morgan fingerprint density at radius 1 is 0.717 bits per heavy atom. The van der Waals surface area contributed by atoms with Gasteiger partial charge >= 0.3 is 5.97 Å². The number of nitrogens with one attached hydrogen (secondary N) is 3. The van der Waals surface area contributed by atoms with Crippen molar-refractivity contribution in [2.75, 3.05) is 65.4 Å². The van der Waals surface area contributed by atoms with Gasteiger partial charge in [-0.3, -0.25) is 14.5 Å². The normalized spacial score (nSPS) is 14.9. The van der Waals surface area contributed by atoms with Crippen molar-refractivity contribution < 1.29 is 19.5 Å². The molecular weight excluding hydrogens is 578 g/mol. The number of carbonyl (C=O) groups is 3. The first-order valence-electron chi connectivity index (χ1n) is 17.0. The van der Waals surface area contributed by atoms with Gasteiger partial charge in [-0.1, -0.05) is 79.8 Å². The van der Waals surface area contributed by atoms with E-state index in [-0.39, 0.29) is 5.91 Å². The summed E-state index contributed by atoms with van der Waals surface area (Å²) in [7, 11) is 0. The SMILES string of the molecule is CCC=CCC=CCC=CCC=CCC=CCC=CCCC(=O)NCCN(CCCN1CCNCC1)CCNC(=O)C=CC(=O)O. The molecule has 0 atom stereocenters. The predicted molar refractivity (Wildman–Crippen MR) is 191 cm³/mol. The predicted octanol–water partition coefficient (Wildman–Crippen LogP) is 4.93. The van der Waals surface area contributed by atoms with E-state index in [0.717, 1.165) is 96.4 Å². The van der Waals surface area contributed by atoms with Crippen LogP contribution in [0.5, 0.6) is 0 Å². The van der Waals surface area contributed by atoms with Crippen LogP contribution in [-0.4, -0.2) is 98.1 Å². The van der Waals surface area contributed by atoms with Gasteiger partial charge in [-0.25, -0.2) is 4.79 Å². The van der Waals surface area contributed by atoms with Gasteiger partial charge in [0, 0.05) is 70.9 Å². The summed E-state index contributed by atoms with van der Waals surface area (Å²) in [5, 5.41) is 17.8. The highest BCUT2D eigenvalue weighted by molar-refractivity contribution is 5.93. The van der Waals surface area contributed by atoms with Gasteiger partial charge in [0.25, 0.3) is 0 Å². The maximum Gasteiger partial charge on any atom is 0.328 e. The minimum Gasteiger partial charge on any atom is -0.478 e. The van der Waals surface area contributed by atoms with Crippen LogP contribution in [0, 0.1) is 0 Å². The lowest BCUT2D eigenvalue weighted by Gasteiger charge is -2.29. The van der Waals surface area contributed by atoms with E-state index in [1.54, 1.807) is 0 Å². The molecule has 1 aliphatic rings. The molecule has 0 aliphatic carbocycles. The Hall–Kier alpha value is -3.53. The lowest BCUT2D eigenvalue weighted by atomic mass is 10.2. The molecular formula is C37H59N5O4. The zero-order valence-corrected chi connectivity index (χ0v) is 28.1. The summed E-state index contributed by atoms with van der Waals surface area (Å²) >= 11 is 0. The molecule has 9 heteroatoms. The fourth-order valence-electron chi connectivity index (χ4n) is 4.63. The van der Waals surface area contributed by atoms with Gasteiger partial charge in [0.05, 0.1) is 0 Å². The van der Waals surface area contributed by atoms with Crippen molar-refractivity contribution in [2.45, 2.75) is 64.7 Å². The molecule has 1 rings (SSSR count). The third-order valence-electron chi connectivity index (χ3n) is 7.15. The zero-order valence-electron chi connectivity index (χ0n) is 28.1. The van der Waals surface area contributed by atoms with Crippen molar-refractivity contribution in [3.8, 4) is 0 Å². The molecule has 4 N–H and O–H groups in total. The van der Waals surface area contributed by atoms with E-state index in [4.69, 9.17) is 5.11 Å². The molecule has 0 bridgehead atoms. The molecule has 0 aromatic rings. The summed E-state index contributed by atoms with van der Waals surface area (Å²) in [6.07, 6.45) is 35.9. The molecule has 1 aliphatic heterocycles. The molecule has 9 nitrogen and oxygen atoms in total. The molecule has 0 aromatic carbocycles. The molecule has 46 heavy (non-hydrogen) atoms. The van der Waals surface area contributed by atoms with Crippen LogP contribution in [0.25, 0.3) is 0 Å². The number of carboxylic acids is 1. The zero-order chi connectivity index (χ0) is 33.3. The molecule has 0 radical (unpaired) electrons. The van der Waals surface area contributed by atoms with Gasteiger partial charge in [0.2, 0.25) is 11.8 Å². The fraction of sp³-hybridized carbons (Fsp3) is 0.541. The molecule has 0 saturated carbocycles. The topological polar surface area (TPSA) is 114 Å². The number of allylic oxidation sites excluding steroid dienone is 12. The maximum absolute atomic E-state index is 12.3. The summed E-state index contributed by atoms with van der Waals surface area (Å²) in [4.78, 5) is 39.4. The van der Waals surface area contributed by atoms with Crippen molar-refractivity contribution in [2.24, 2.45) is 0 Å². The van der Waals surface area contributed by atoms with Crippen LogP contribution in [0.15, 0.2) is 85.1 Å². The second kappa shape index (κ2) is 30.1. The molecule has 1 fully saturated rings. The Kier molecular flexibility index (Phi) is 26.5. The first-order valence-corrected chi connectivity index (χ1v) is 17.0. The lowest BCUT2D eigenvalue weighted by molar-refractivity contribution is -0.131. The highest BCUT2D eigenvalue weighted by atomic mass is 16.4. The van der Waals surface area contributed by atoms with Crippen LogP contribution in [0.1, 0.15) is 64.7 Å². The van der Waals surface area contributed by atoms with Crippen molar-refractivity contribution in [3.63, 3.8) is 0 Å². The number of amides is 2. The van der Waals surface area contributed by atoms with Crippen LogP contribution < -0.4 is 16.0 Å². The Morgan fingerprint density at radius 3 is 1.78 bits per heavy atom. The quantitative estimate of drug-likeness (QED) is 0.0786. The summed E-state index contributed by atoms with van der Waals surface area (Å²) in [6, 6.07) is 0. The summed E-state index contributed by atoms with van der Waals surface area (Å²) in [5.41, 5.74) is 0. The Bertz CT molecular complexity index is 1020. The second-order valence-electron chi connectivity index (χ2n) is 11.1. The van der Waals surface area contributed by atoms with Crippen LogP contribution in [0.4, 0.5) is 0 Å². The van der Waals surface area contributed by atoms with E-state index >= 15 is 0 Å². The van der Waals surface area contributed by atoms with Gasteiger partial charge in [-0.05, 0) is 64.5 Å². The molecule has 0 spiro atoms. The van der Waals surface area contributed by atoms with Gasteiger partial charge in [-0.2, -0.15) is 0 Å². The van der Waals surface area contributed by atoms with Gasteiger partial charge in [-0.15, -0.1) is 0 Å². The monoisotopic (exact) mass is 637 g/mol. The van der Waals surface area contributed by atoms with Crippen LogP contribution >= 0.6 is 0 Å². The number of piperazine rings is 1. The summed E-state index contributed by atoms with van der Waals surface area (Å²) < 4.78 is 0. The Morgan fingerprint density at radius 2 is 1.24 bits per heavy atom. The first kappa shape index (κ1) is 40.5. The molecule has 256 valence electrons. The van der Waals surface area contributed by atoms with E-state index in [9.17, 15) is 14.4 Å². The lowest BCUT2D eigenvalue weighted by Crippen LogP contribution is -2.45. The number of hydrogen-bond acceptors (Lipinski definition) is 6. The fourth-order valence-corrected chi connectivity index (χ4v) is 4.63. The van der Waals surface area contributed by atoms with Crippen molar-refractivity contribution >= 4 is 17.8 Å². The highest BCUT2D eigenvalue weighted by Gasteiger charge is 2.11. The highest BCUT2D eigenvalue weighted by Crippen LogP contribution is 2.00. The van der Waals surface area contributed by atoms with E-state index in [1.807, 2.05) is 0 Å². The van der Waals surface area contributed by atoms with Crippen molar-refractivity contribution in [3.05, 3.63) is 85.1 Å². The first-order chi connectivity index (χ1) is 22.5. The number of hydrogen-bond donors (Lipinski definition) is 4. The minimum absolute atomic E-state index is 0.0346. The molecule has 2 amide bonds. The van der Waals surface area contributed by atoms with E-state index in [0.29, 0.717) is 39.0 Å². The minimum atomic E-state index is -1.15. The average Bonchev–Trinajstić information content (AvgIpc) is 3.05. The van der Waals surface area contributed by atoms with E-state index < -0.39 is 11.9 Å². The van der Waals surface area contributed by atoms with Gasteiger partial charge in [0.15, 0.2) is 0 Å². The molecule has 1 saturated heterocycles. The van der Waals surface area contributed by atoms with Gasteiger partial charge < -0.3 is 26.0 Å². The number of nitrogens with zero attached hydrogens (tertiary/aromatic N) is 2. The molecule has 0 unspecified atom stereocenters. The van der Waals surface area contributed by atoms with E-state index in [2.05, 4.69) is 106 Å². The largest absolute Gasteiger partial charge is 0.478 e. The Balaban J connectivity index is 2.20. The average molecular weight is 638 g/mol. The third-order valence-corrected chi connectivity index (χ3v) is 7.15. The molecule has 1 heterocycles. The number of carbonyl (C=O) groups excluding carboxylic acids is 2.